The SMILES string of the molecule is CS(=O)(=O)NC(=O)CCCNC(=O)c1ccc(CCc2c[nH]c3nc(N)[nH]c(=O)c23)cc1. The molecule has 32 heavy (non-hydrogen) atoms. The van der Waals surface area contributed by atoms with E-state index in [1.165, 1.54) is 0 Å². The Balaban J connectivity index is 1.49. The quantitative estimate of drug-likeness (QED) is 0.283. The molecule has 2 heterocycles. The number of rotatable bonds is 9. The van der Waals surface area contributed by atoms with Gasteiger partial charge < -0.3 is 16.0 Å². The minimum absolute atomic E-state index is 0.00886. The maximum atomic E-state index is 12.2. The lowest BCUT2D eigenvalue weighted by molar-refractivity contribution is -0.119. The van der Waals surface area contributed by atoms with Gasteiger partial charge in [0.1, 0.15) is 5.65 Å². The van der Waals surface area contributed by atoms with Crippen molar-refractivity contribution in [2.24, 2.45) is 0 Å². The van der Waals surface area contributed by atoms with Crippen LogP contribution in [0.5, 0.6) is 0 Å². The molecule has 0 fully saturated rings. The fraction of sp³-hybridized carbons (Fsp3) is 0.300. The molecule has 0 saturated heterocycles. The van der Waals surface area contributed by atoms with Gasteiger partial charge in [0.2, 0.25) is 21.9 Å². The fourth-order valence-electron chi connectivity index (χ4n) is 3.23. The van der Waals surface area contributed by atoms with Gasteiger partial charge in [0.05, 0.1) is 11.6 Å². The average molecular weight is 461 g/mol. The zero-order valence-electron chi connectivity index (χ0n) is 17.4. The summed E-state index contributed by atoms with van der Waals surface area (Å²) in [6.45, 7) is 0.241. The number of anilines is 1. The number of nitrogens with zero attached hydrogens (tertiary/aromatic N) is 1. The maximum Gasteiger partial charge on any atom is 0.262 e. The molecule has 1 aromatic carbocycles. The number of benzene rings is 1. The van der Waals surface area contributed by atoms with Crippen LogP contribution in [0.3, 0.4) is 0 Å². The average Bonchev–Trinajstić information content (AvgIpc) is 3.11. The number of fused-ring (bicyclic) bond motifs is 1. The van der Waals surface area contributed by atoms with E-state index in [2.05, 4.69) is 20.3 Å². The van der Waals surface area contributed by atoms with Gasteiger partial charge in [-0.25, -0.2) is 8.42 Å². The number of amides is 2. The second kappa shape index (κ2) is 9.64. The van der Waals surface area contributed by atoms with E-state index in [0.29, 0.717) is 35.9 Å². The van der Waals surface area contributed by atoms with Crippen LogP contribution >= 0.6 is 0 Å². The number of hydrogen-bond acceptors (Lipinski definition) is 7. The molecule has 2 amide bonds. The van der Waals surface area contributed by atoms with Crippen LogP contribution in [0.2, 0.25) is 0 Å². The summed E-state index contributed by atoms with van der Waals surface area (Å²) >= 11 is 0. The molecule has 0 saturated carbocycles. The number of nitrogen functional groups attached to an aromatic ring is 1. The van der Waals surface area contributed by atoms with E-state index in [0.717, 1.165) is 17.4 Å². The fourth-order valence-corrected chi connectivity index (χ4v) is 3.75. The topological polar surface area (TPSA) is 180 Å². The van der Waals surface area contributed by atoms with E-state index >= 15 is 0 Å². The first kappa shape index (κ1) is 23.0. The number of sulfonamides is 1. The molecule has 0 aliphatic carbocycles. The highest BCUT2D eigenvalue weighted by atomic mass is 32.2. The second-order valence-electron chi connectivity index (χ2n) is 7.34. The molecule has 11 nitrogen and oxygen atoms in total. The number of aromatic nitrogens is 3. The number of nitrogens with two attached hydrogens (primary N) is 1. The molecular weight excluding hydrogens is 436 g/mol. The third-order valence-electron chi connectivity index (χ3n) is 4.71. The minimum atomic E-state index is -3.57. The minimum Gasteiger partial charge on any atom is -0.369 e. The molecule has 6 N–H and O–H groups in total. The van der Waals surface area contributed by atoms with Crippen molar-refractivity contribution < 1.29 is 18.0 Å². The number of carbonyl (C=O) groups is 2. The predicted molar refractivity (Wildman–Crippen MR) is 120 cm³/mol. The van der Waals surface area contributed by atoms with E-state index in [4.69, 9.17) is 5.73 Å². The Morgan fingerprint density at radius 3 is 2.56 bits per heavy atom. The first-order chi connectivity index (χ1) is 15.1. The van der Waals surface area contributed by atoms with Crippen molar-refractivity contribution in [3.63, 3.8) is 0 Å². The van der Waals surface area contributed by atoms with E-state index in [1.54, 1.807) is 18.3 Å². The summed E-state index contributed by atoms with van der Waals surface area (Å²) in [6, 6.07) is 7.07. The molecule has 170 valence electrons. The van der Waals surface area contributed by atoms with Gasteiger partial charge in [-0.2, -0.15) is 4.98 Å². The molecule has 3 rings (SSSR count). The van der Waals surface area contributed by atoms with Crippen molar-refractivity contribution >= 4 is 38.8 Å². The van der Waals surface area contributed by atoms with Crippen LogP contribution in [0.1, 0.15) is 34.3 Å². The molecule has 0 aliphatic rings. The molecule has 0 atom stereocenters. The summed E-state index contributed by atoms with van der Waals surface area (Å²) in [5, 5.41) is 3.18. The molecular formula is C20H24N6O5S. The van der Waals surface area contributed by atoms with Gasteiger partial charge in [0.25, 0.3) is 11.5 Å². The molecule has 2 aromatic heterocycles. The number of H-pyrrole nitrogens is 2. The third-order valence-corrected chi connectivity index (χ3v) is 5.30. The van der Waals surface area contributed by atoms with Crippen molar-refractivity contribution in [3.8, 4) is 0 Å². The van der Waals surface area contributed by atoms with E-state index in [9.17, 15) is 22.8 Å². The molecule has 0 aliphatic heterocycles. The lowest BCUT2D eigenvalue weighted by atomic mass is 10.0. The van der Waals surface area contributed by atoms with Crippen LogP contribution in [0.15, 0.2) is 35.3 Å². The van der Waals surface area contributed by atoms with Gasteiger partial charge in [-0.05, 0) is 42.5 Å². The number of aryl methyl sites for hydroxylation is 2. The van der Waals surface area contributed by atoms with E-state index in [1.807, 2.05) is 16.9 Å². The number of nitrogens with one attached hydrogen (secondary N) is 4. The summed E-state index contributed by atoms with van der Waals surface area (Å²) in [6.07, 6.45) is 4.22. The van der Waals surface area contributed by atoms with E-state index in [-0.39, 0.29) is 30.4 Å². The highest BCUT2D eigenvalue weighted by Crippen LogP contribution is 2.16. The summed E-state index contributed by atoms with van der Waals surface area (Å²) in [7, 11) is -3.57. The molecule has 3 aromatic rings. The van der Waals surface area contributed by atoms with Crippen LogP contribution in [-0.2, 0) is 27.7 Å². The molecule has 0 unspecified atom stereocenters. The number of carbonyl (C=O) groups excluding carboxylic acids is 2. The Kier molecular flexibility index (Phi) is 6.93. The van der Waals surface area contributed by atoms with Crippen molar-refractivity contribution in [2.45, 2.75) is 25.7 Å². The highest BCUT2D eigenvalue weighted by Gasteiger charge is 2.11. The van der Waals surface area contributed by atoms with Gasteiger partial charge in [0, 0.05) is 24.7 Å². The monoisotopic (exact) mass is 460 g/mol. The van der Waals surface area contributed by atoms with Gasteiger partial charge in [0.15, 0.2) is 0 Å². The molecule has 0 spiro atoms. The van der Waals surface area contributed by atoms with Gasteiger partial charge in [-0.3, -0.25) is 24.1 Å². The molecule has 0 bridgehead atoms. The van der Waals surface area contributed by atoms with Crippen LogP contribution in [0.4, 0.5) is 5.95 Å². The standard InChI is InChI=1S/C20H24N6O5S/c1-32(30,31)26-15(27)3-2-10-22-18(28)13-7-4-12(5-8-13)6-9-14-11-23-17-16(14)19(29)25-20(21)24-17/h4-5,7-8,11H,2-3,6,9-10H2,1H3,(H,22,28)(H,26,27)(H4,21,23,24,25,29). The lowest BCUT2D eigenvalue weighted by Gasteiger charge is -2.07. The van der Waals surface area contributed by atoms with Crippen LogP contribution in [0.25, 0.3) is 11.0 Å². The summed E-state index contributed by atoms with van der Waals surface area (Å²) < 4.78 is 23.8. The van der Waals surface area contributed by atoms with Gasteiger partial charge in [-0.15, -0.1) is 0 Å². The van der Waals surface area contributed by atoms with Crippen molar-refractivity contribution in [1.82, 2.24) is 25.0 Å². The Morgan fingerprint density at radius 1 is 1.16 bits per heavy atom. The van der Waals surface area contributed by atoms with Crippen molar-refractivity contribution in [1.29, 1.82) is 0 Å². The van der Waals surface area contributed by atoms with Crippen molar-refractivity contribution in [3.05, 3.63) is 57.5 Å². The second-order valence-corrected chi connectivity index (χ2v) is 9.09. The van der Waals surface area contributed by atoms with Crippen LogP contribution < -0.4 is 21.3 Å². The summed E-state index contributed by atoms with van der Waals surface area (Å²) in [5.74, 6) is -0.837. The number of hydrogen-bond donors (Lipinski definition) is 5. The highest BCUT2D eigenvalue weighted by molar-refractivity contribution is 7.89. The summed E-state index contributed by atoms with van der Waals surface area (Å²) in [5.41, 5.74) is 8.00. The van der Waals surface area contributed by atoms with Crippen molar-refractivity contribution in [2.75, 3.05) is 18.5 Å². The molecule has 0 radical (unpaired) electrons. The summed E-state index contributed by atoms with van der Waals surface area (Å²) in [4.78, 5) is 45.3. The van der Waals surface area contributed by atoms with Crippen LogP contribution in [-0.4, -0.2) is 48.0 Å². The Labute approximate surface area is 183 Å². The normalized spacial score (nSPS) is 11.4. The number of aromatic amines is 2. The first-order valence-electron chi connectivity index (χ1n) is 9.86. The zero-order chi connectivity index (χ0) is 23.3. The zero-order valence-corrected chi connectivity index (χ0v) is 18.2. The van der Waals surface area contributed by atoms with Gasteiger partial charge in [-0.1, -0.05) is 12.1 Å². The largest absolute Gasteiger partial charge is 0.369 e. The van der Waals surface area contributed by atoms with Crippen LogP contribution in [0, 0.1) is 0 Å². The molecule has 12 heteroatoms. The Morgan fingerprint density at radius 2 is 1.88 bits per heavy atom. The van der Waals surface area contributed by atoms with Gasteiger partial charge >= 0.3 is 0 Å². The lowest BCUT2D eigenvalue weighted by Crippen LogP contribution is -2.30. The smallest absolute Gasteiger partial charge is 0.262 e. The first-order valence-corrected chi connectivity index (χ1v) is 11.7. The maximum absolute atomic E-state index is 12.2. The predicted octanol–water partition coefficient (Wildman–Crippen LogP) is 0.204. The third kappa shape index (κ3) is 6.17. The Bertz CT molecular complexity index is 1290. The van der Waals surface area contributed by atoms with E-state index < -0.39 is 15.9 Å². The Hall–Kier alpha value is -3.67.